The van der Waals surface area contributed by atoms with E-state index >= 15 is 0 Å². The SMILES string of the molecule is O=C(C[C@H]1C[C@@H]2c3cc(NC(=O)C4CCC4)ccc3O[C@@H]2[C@@H](CO)O1)NCc1ccccc1. The Hall–Kier alpha value is -2.90. The summed E-state index contributed by atoms with van der Waals surface area (Å²) in [6, 6.07) is 15.5. The quantitative estimate of drug-likeness (QED) is 0.602. The first-order chi connectivity index (χ1) is 16.1. The van der Waals surface area contributed by atoms with Crippen molar-refractivity contribution in [2.75, 3.05) is 11.9 Å². The van der Waals surface area contributed by atoms with E-state index < -0.39 is 6.10 Å². The van der Waals surface area contributed by atoms with Gasteiger partial charge in [0.25, 0.3) is 0 Å². The molecular formula is C26H30N2O5. The van der Waals surface area contributed by atoms with Gasteiger partial charge in [0.1, 0.15) is 18.0 Å². The van der Waals surface area contributed by atoms with Crippen LogP contribution in [-0.2, 0) is 20.9 Å². The molecule has 2 aromatic carbocycles. The first-order valence-corrected chi connectivity index (χ1v) is 11.8. The van der Waals surface area contributed by atoms with E-state index in [-0.39, 0.29) is 48.9 Å². The maximum absolute atomic E-state index is 12.6. The van der Waals surface area contributed by atoms with Gasteiger partial charge in [0.15, 0.2) is 0 Å². The van der Waals surface area contributed by atoms with Gasteiger partial charge in [-0.25, -0.2) is 0 Å². The topological polar surface area (TPSA) is 96.9 Å². The predicted molar refractivity (Wildman–Crippen MR) is 123 cm³/mol. The zero-order chi connectivity index (χ0) is 22.8. The molecule has 3 N–H and O–H groups in total. The lowest BCUT2D eigenvalue weighted by Crippen LogP contribution is -2.47. The van der Waals surface area contributed by atoms with Crippen LogP contribution in [0.15, 0.2) is 48.5 Å². The molecule has 5 rings (SSSR count). The highest BCUT2D eigenvalue weighted by molar-refractivity contribution is 5.93. The van der Waals surface area contributed by atoms with Gasteiger partial charge in [0.2, 0.25) is 11.8 Å². The number of carbonyl (C=O) groups excluding carboxylic acids is 2. The van der Waals surface area contributed by atoms with Gasteiger partial charge in [-0.1, -0.05) is 36.8 Å². The lowest BCUT2D eigenvalue weighted by atomic mass is 9.83. The molecule has 2 amide bonds. The molecule has 0 aromatic heterocycles. The molecule has 7 nitrogen and oxygen atoms in total. The summed E-state index contributed by atoms with van der Waals surface area (Å²) in [4.78, 5) is 24.9. The third kappa shape index (κ3) is 4.75. The van der Waals surface area contributed by atoms with Crippen molar-refractivity contribution in [1.82, 2.24) is 5.32 Å². The second-order valence-electron chi connectivity index (χ2n) is 9.24. The van der Waals surface area contributed by atoms with Crippen molar-refractivity contribution < 1.29 is 24.2 Å². The van der Waals surface area contributed by atoms with Crippen LogP contribution in [0.4, 0.5) is 5.69 Å². The Morgan fingerprint density at radius 1 is 1.09 bits per heavy atom. The minimum absolute atomic E-state index is 0.00150. The smallest absolute Gasteiger partial charge is 0.227 e. The van der Waals surface area contributed by atoms with Crippen molar-refractivity contribution in [3.8, 4) is 5.75 Å². The minimum atomic E-state index is -0.504. The van der Waals surface area contributed by atoms with E-state index in [2.05, 4.69) is 10.6 Å². The number of rotatable bonds is 7. The standard InChI is InChI=1S/C26H30N2O5/c29-15-23-25-21(12-19(32-23)13-24(30)27-14-16-5-2-1-3-6-16)20-11-18(9-10-22(20)33-25)28-26(31)17-7-4-8-17/h1-3,5-6,9-11,17,19,21,23,25,29H,4,7-8,12-15H2,(H,27,30)(H,28,31)/t19-,21-,23-,25+/m1/s1. The van der Waals surface area contributed by atoms with E-state index in [0.29, 0.717) is 13.0 Å². The monoisotopic (exact) mass is 450 g/mol. The number of aliphatic hydroxyl groups is 1. The van der Waals surface area contributed by atoms with Gasteiger partial charge in [0.05, 0.1) is 19.1 Å². The highest BCUT2D eigenvalue weighted by Crippen LogP contribution is 2.47. The molecule has 3 aliphatic rings. The molecule has 2 aliphatic heterocycles. The van der Waals surface area contributed by atoms with E-state index in [1.807, 2.05) is 48.5 Å². The van der Waals surface area contributed by atoms with Crippen molar-refractivity contribution >= 4 is 17.5 Å². The molecule has 0 unspecified atom stereocenters. The number of hydrogen-bond acceptors (Lipinski definition) is 5. The molecule has 0 spiro atoms. The summed E-state index contributed by atoms with van der Waals surface area (Å²) in [6.07, 6.45) is 2.74. The van der Waals surface area contributed by atoms with Gasteiger partial charge < -0.3 is 25.2 Å². The Kier molecular flexibility index (Phi) is 6.33. The number of carbonyl (C=O) groups is 2. The molecule has 0 radical (unpaired) electrons. The number of aliphatic hydroxyl groups excluding tert-OH is 1. The summed E-state index contributed by atoms with van der Waals surface area (Å²) in [7, 11) is 0. The van der Waals surface area contributed by atoms with Crippen LogP contribution in [0.3, 0.4) is 0 Å². The van der Waals surface area contributed by atoms with Crippen LogP contribution < -0.4 is 15.4 Å². The molecule has 1 aliphatic carbocycles. The molecule has 1 saturated heterocycles. The van der Waals surface area contributed by atoms with Crippen LogP contribution in [0.5, 0.6) is 5.75 Å². The summed E-state index contributed by atoms with van der Waals surface area (Å²) in [5.74, 6) is 0.855. The molecule has 33 heavy (non-hydrogen) atoms. The number of ether oxygens (including phenoxy) is 2. The third-order valence-corrected chi connectivity index (χ3v) is 6.99. The summed E-state index contributed by atoms with van der Waals surface area (Å²) in [5.41, 5.74) is 2.81. The van der Waals surface area contributed by atoms with Crippen molar-refractivity contribution in [3.63, 3.8) is 0 Å². The fourth-order valence-corrected chi connectivity index (χ4v) is 4.96. The summed E-state index contributed by atoms with van der Waals surface area (Å²) < 4.78 is 12.2. The zero-order valence-corrected chi connectivity index (χ0v) is 18.5. The summed E-state index contributed by atoms with van der Waals surface area (Å²) in [6.45, 7) is 0.292. The van der Waals surface area contributed by atoms with Gasteiger partial charge >= 0.3 is 0 Å². The first kappa shape index (κ1) is 21.9. The largest absolute Gasteiger partial charge is 0.487 e. The van der Waals surface area contributed by atoms with E-state index in [0.717, 1.165) is 41.8 Å². The molecule has 0 bridgehead atoms. The fourth-order valence-electron chi connectivity index (χ4n) is 4.96. The van der Waals surface area contributed by atoms with E-state index in [1.54, 1.807) is 0 Å². The third-order valence-electron chi connectivity index (χ3n) is 6.99. The second-order valence-corrected chi connectivity index (χ2v) is 9.24. The fraction of sp³-hybridized carbons (Fsp3) is 0.462. The molecule has 2 fully saturated rings. The minimum Gasteiger partial charge on any atom is -0.487 e. The molecule has 7 heteroatoms. The van der Waals surface area contributed by atoms with E-state index in [9.17, 15) is 14.7 Å². The maximum atomic E-state index is 12.6. The van der Waals surface area contributed by atoms with Gasteiger partial charge in [-0.2, -0.15) is 0 Å². The number of nitrogens with one attached hydrogen (secondary N) is 2. The van der Waals surface area contributed by atoms with Gasteiger partial charge in [-0.05, 0) is 43.0 Å². The first-order valence-electron chi connectivity index (χ1n) is 11.8. The number of amides is 2. The number of hydrogen-bond donors (Lipinski definition) is 3. The second kappa shape index (κ2) is 9.53. The summed E-state index contributed by atoms with van der Waals surface area (Å²) >= 11 is 0. The molecular weight excluding hydrogens is 420 g/mol. The van der Waals surface area contributed by atoms with Gasteiger partial charge in [-0.3, -0.25) is 9.59 Å². The average molecular weight is 451 g/mol. The molecule has 2 heterocycles. The number of anilines is 1. The average Bonchev–Trinajstić information content (AvgIpc) is 3.14. The van der Waals surface area contributed by atoms with Crippen molar-refractivity contribution in [2.24, 2.45) is 5.92 Å². The van der Waals surface area contributed by atoms with Crippen molar-refractivity contribution in [3.05, 3.63) is 59.7 Å². The van der Waals surface area contributed by atoms with E-state index in [1.165, 1.54) is 0 Å². The highest BCUT2D eigenvalue weighted by Gasteiger charge is 2.46. The number of fused-ring (bicyclic) bond motifs is 3. The Bertz CT molecular complexity index is 1010. The lowest BCUT2D eigenvalue weighted by molar-refractivity contribution is -0.142. The van der Waals surface area contributed by atoms with E-state index in [4.69, 9.17) is 9.47 Å². The van der Waals surface area contributed by atoms with Crippen LogP contribution in [0, 0.1) is 5.92 Å². The Labute approximate surface area is 193 Å². The Morgan fingerprint density at radius 3 is 2.64 bits per heavy atom. The molecule has 4 atom stereocenters. The maximum Gasteiger partial charge on any atom is 0.227 e. The Balaban J connectivity index is 1.25. The van der Waals surface area contributed by atoms with Crippen LogP contribution in [-0.4, -0.2) is 41.8 Å². The Morgan fingerprint density at radius 2 is 1.91 bits per heavy atom. The van der Waals surface area contributed by atoms with Gasteiger partial charge in [0, 0.05) is 29.6 Å². The lowest BCUT2D eigenvalue weighted by Gasteiger charge is -2.37. The van der Waals surface area contributed by atoms with Crippen LogP contribution in [0.25, 0.3) is 0 Å². The molecule has 1 saturated carbocycles. The zero-order valence-electron chi connectivity index (χ0n) is 18.5. The highest BCUT2D eigenvalue weighted by atomic mass is 16.6. The summed E-state index contributed by atoms with van der Waals surface area (Å²) in [5, 5.41) is 15.9. The van der Waals surface area contributed by atoms with Crippen molar-refractivity contribution in [1.29, 1.82) is 0 Å². The predicted octanol–water partition coefficient (Wildman–Crippen LogP) is 3.13. The van der Waals surface area contributed by atoms with Crippen molar-refractivity contribution in [2.45, 2.75) is 62.9 Å². The van der Waals surface area contributed by atoms with Crippen LogP contribution in [0.2, 0.25) is 0 Å². The number of benzene rings is 2. The molecule has 2 aromatic rings. The van der Waals surface area contributed by atoms with Crippen LogP contribution >= 0.6 is 0 Å². The normalized spacial score (nSPS) is 25.8. The molecule has 174 valence electrons. The van der Waals surface area contributed by atoms with Gasteiger partial charge in [-0.15, -0.1) is 0 Å². The van der Waals surface area contributed by atoms with Crippen LogP contribution in [0.1, 0.15) is 49.1 Å².